The number of nitroso groups, excluding NO2 is 1. The van der Waals surface area contributed by atoms with E-state index >= 15 is 0 Å². The van der Waals surface area contributed by atoms with Crippen molar-refractivity contribution in [1.82, 2.24) is 0 Å². The molecule has 0 aliphatic heterocycles. The average Bonchev–Trinajstić information content (AvgIpc) is 2.12. The van der Waals surface area contributed by atoms with E-state index in [-0.39, 0.29) is 6.04 Å². The van der Waals surface area contributed by atoms with Crippen molar-refractivity contribution in [2.75, 3.05) is 0 Å². The van der Waals surface area contributed by atoms with Crippen molar-refractivity contribution < 1.29 is 0 Å². The van der Waals surface area contributed by atoms with Gasteiger partial charge in [0.05, 0.1) is 6.04 Å². The topological polar surface area (TPSA) is 29.4 Å². The lowest BCUT2D eigenvalue weighted by atomic mass is 9.90. The number of hydrogen-bond donors (Lipinski definition) is 0. The van der Waals surface area contributed by atoms with E-state index in [0.717, 1.165) is 0 Å². The Morgan fingerprint density at radius 2 is 1.55 bits per heavy atom. The lowest BCUT2D eigenvalue weighted by molar-refractivity contribution is 0.350. The van der Waals surface area contributed by atoms with E-state index in [0.29, 0.717) is 11.8 Å². The molecule has 0 aromatic carbocycles. The van der Waals surface area contributed by atoms with Gasteiger partial charge in [-0.05, 0) is 24.7 Å². The Kier molecular flexibility index (Phi) is 3.03. The fraction of sp³-hybridized carbons (Fsp3) is 1.00. The van der Waals surface area contributed by atoms with E-state index in [1.54, 1.807) is 0 Å². The largest absolute Gasteiger partial charge is 0.150 e. The molecule has 1 fully saturated rings. The van der Waals surface area contributed by atoms with Crippen molar-refractivity contribution >= 4 is 0 Å². The third-order valence-electron chi connectivity index (χ3n) is 2.86. The summed E-state index contributed by atoms with van der Waals surface area (Å²) in [6.45, 7) is 4.29. The fourth-order valence-electron chi connectivity index (χ4n) is 2.04. The van der Waals surface area contributed by atoms with Gasteiger partial charge in [0.2, 0.25) is 0 Å². The Morgan fingerprint density at radius 1 is 1.09 bits per heavy atom. The van der Waals surface area contributed by atoms with Gasteiger partial charge in [0.15, 0.2) is 0 Å². The fourth-order valence-corrected chi connectivity index (χ4v) is 2.04. The van der Waals surface area contributed by atoms with Crippen molar-refractivity contribution in [2.24, 2.45) is 17.0 Å². The molecule has 0 saturated heterocycles. The van der Waals surface area contributed by atoms with Crippen molar-refractivity contribution in [1.29, 1.82) is 0 Å². The first-order chi connectivity index (χ1) is 5.25. The highest BCUT2D eigenvalue weighted by Gasteiger charge is 2.26. The molecule has 1 aliphatic carbocycles. The van der Waals surface area contributed by atoms with Crippen LogP contribution in [0.1, 0.15) is 39.5 Å². The Hall–Kier alpha value is -0.400. The van der Waals surface area contributed by atoms with Gasteiger partial charge < -0.3 is 0 Å². The second kappa shape index (κ2) is 3.84. The molecule has 11 heavy (non-hydrogen) atoms. The molecule has 0 aromatic rings. The highest BCUT2D eigenvalue weighted by molar-refractivity contribution is 4.80. The first kappa shape index (κ1) is 8.69. The highest BCUT2D eigenvalue weighted by atomic mass is 16.3. The number of hydrogen-bond acceptors (Lipinski definition) is 2. The quantitative estimate of drug-likeness (QED) is 0.423. The Bertz CT molecular complexity index is 124. The number of rotatable bonds is 1. The maximum Gasteiger partial charge on any atom is 0.0970 e. The predicted octanol–water partition coefficient (Wildman–Crippen LogP) is 2.97. The SMILES string of the molecule is CC1CCCCC(C)C1N=O. The van der Waals surface area contributed by atoms with E-state index in [4.69, 9.17) is 0 Å². The first-order valence-corrected chi connectivity index (χ1v) is 4.58. The van der Waals surface area contributed by atoms with Crippen molar-refractivity contribution in [2.45, 2.75) is 45.6 Å². The van der Waals surface area contributed by atoms with Crippen LogP contribution in [0, 0.1) is 16.7 Å². The second-order valence-electron chi connectivity index (χ2n) is 3.84. The van der Waals surface area contributed by atoms with Gasteiger partial charge in [0, 0.05) is 0 Å². The molecule has 64 valence electrons. The van der Waals surface area contributed by atoms with Crippen LogP contribution in [0.15, 0.2) is 5.18 Å². The molecule has 2 heteroatoms. The van der Waals surface area contributed by atoms with Gasteiger partial charge in [0.1, 0.15) is 0 Å². The van der Waals surface area contributed by atoms with Crippen molar-refractivity contribution in [3.8, 4) is 0 Å². The van der Waals surface area contributed by atoms with Gasteiger partial charge in [0.25, 0.3) is 0 Å². The molecule has 0 heterocycles. The normalized spacial score (nSPS) is 39.6. The van der Waals surface area contributed by atoms with E-state index in [9.17, 15) is 4.91 Å². The summed E-state index contributed by atoms with van der Waals surface area (Å²) in [5.74, 6) is 1.01. The highest BCUT2D eigenvalue weighted by Crippen LogP contribution is 2.29. The monoisotopic (exact) mass is 155 g/mol. The molecule has 0 N–H and O–H groups in total. The zero-order valence-corrected chi connectivity index (χ0v) is 7.42. The van der Waals surface area contributed by atoms with Crippen LogP contribution in [0.5, 0.6) is 0 Å². The standard InChI is InChI=1S/C9H17NO/c1-7-5-3-4-6-8(2)9(7)10-11/h7-9H,3-6H2,1-2H3. The zero-order valence-electron chi connectivity index (χ0n) is 7.42. The lowest BCUT2D eigenvalue weighted by Crippen LogP contribution is -2.21. The molecule has 2 unspecified atom stereocenters. The third-order valence-corrected chi connectivity index (χ3v) is 2.86. The molecule has 1 aliphatic rings. The molecule has 0 aromatic heterocycles. The molecule has 0 amide bonds. The Balaban J connectivity index is 2.58. The molecule has 1 rings (SSSR count). The van der Waals surface area contributed by atoms with Crippen LogP contribution in [-0.2, 0) is 0 Å². The van der Waals surface area contributed by atoms with Gasteiger partial charge in [-0.1, -0.05) is 31.9 Å². The predicted molar refractivity (Wildman–Crippen MR) is 46.4 cm³/mol. The molecule has 0 bridgehead atoms. The first-order valence-electron chi connectivity index (χ1n) is 4.58. The summed E-state index contributed by atoms with van der Waals surface area (Å²) < 4.78 is 0. The summed E-state index contributed by atoms with van der Waals surface area (Å²) in [6, 6.07) is 0.0810. The van der Waals surface area contributed by atoms with Gasteiger partial charge >= 0.3 is 0 Å². The van der Waals surface area contributed by atoms with E-state index in [1.165, 1.54) is 25.7 Å². The Labute approximate surface area is 68.3 Å². The van der Waals surface area contributed by atoms with Gasteiger partial charge in [-0.15, -0.1) is 0 Å². The minimum Gasteiger partial charge on any atom is -0.150 e. The van der Waals surface area contributed by atoms with Crippen LogP contribution in [0.25, 0.3) is 0 Å². The minimum absolute atomic E-state index is 0.0810. The van der Waals surface area contributed by atoms with Gasteiger partial charge in [-0.25, -0.2) is 0 Å². The third kappa shape index (κ3) is 2.01. The lowest BCUT2D eigenvalue weighted by Gasteiger charge is -2.18. The molecule has 2 nitrogen and oxygen atoms in total. The molecule has 0 radical (unpaired) electrons. The maximum atomic E-state index is 10.5. The van der Waals surface area contributed by atoms with Crippen LogP contribution < -0.4 is 0 Å². The maximum absolute atomic E-state index is 10.5. The molecular formula is C9H17NO. The Morgan fingerprint density at radius 3 is 1.91 bits per heavy atom. The zero-order chi connectivity index (χ0) is 8.27. The molecule has 2 atom stereocenters. The van der Waals surface area contributed by atoms with Crippen LogP contribution in [-0.4, -0.2) is 6.04 Å². The van der Waals surface area contributed by atoms with Crippen LogP contribution in [0.2, 0.25) is 0 Å². The van der Waals surface area contributed by atoms with E-state index in [2.05, 4.69) is 19.0 Å². The summed E-state index contributed by atoms with van der Waals surface area (Å²) in [6.07, 6.45) is 4.91. The smallest absolute Gasteiger partial charge is 0.0970 e. The van der Waals surface area contributed by atoms with Crippen molar-refractivity contribution in [3.05, 3.63) is 4.91 Å². The summed E-state index contributed by atoms with van der Waals surface area (Å²) in [4.78, 5) is 10.5. The summed E-state index contributed by atoms with van der Waals surface area (Å²) in [5, 5.41) is 3.22. The van der Waals surface area contributed by atoms with Crippen LogP contribution in [0.4, 0.5) is 0 Å². The van der Waals surface area contributed by atoms with E-state index in [1.807, 2.05) is 0 Å². The average molecular weight is 155 g/mol. The van der Waals surface area contributed by atoms with Crippen molar-refractivity contribution in [3.63, 3.8) is 0 Å². The molecular weight excluding hydrogens is 138 g/mol. The summed E-state index contributed by atoms with van der Waals surface area (Å²) in [7, 11) is 0. The van der Waals surface area contributed by atoms with Gasteiger partial charge in [-0.3, -0.25) is 0 Å². The van der Waals surface area contributed by atoms with Crippen LogP contribution >= 0.6 is 0 Å². The summed E-state index contributed by atoms with van der Waals surface area (Å²) in [5.41, 5.74) is 0. The number of nitrogens with zero attached hydrogens (tertiary/aromatic N) is 1. The van der Waals surface area contributed by atoms with Gasteiger partial charge in [-0.2, -0.15) is 4.91 Å². The minimum atomic E-state index is 0.0810. The van der Waals surface area contributed by atoms with Crippen LogP contribution in [0.3, 0.4) is 0 Å². The van der Waals surface area contributed by atoms with E-state index < -0.39 is 0 Å². The molecule has 0 spiro atoms. The molecule has 1 saturated carbocycles. The second-order valence-corrected chi connectivity index (χ2v) is 3.84. The summed E-state index contributed by atoms with van der Waals surface area (Å²) >= 11 is 0.